The van der Waals surface area contributed by atoms with Gasteiger partial charge in [-0.25, -0.2) is 9.97 Å². The van der Waals surface area contributed by atoms with Gasteiger partial charge in [0.1, 0.15) is 0 Å². The van der Waals surface area contributed by atoms with Crippen molar-refractivity contribution in [2.24, 2.45) is 0 Å². The molecule has 1 saturated heterocycles. The summed E-state index contributed by atoms with van der Waals surface area (Å²) in [5, 5.41) is 10.8. The number of carbonyl (C=O) groups excluding carboxylic acids is 1. The number of β-amino-alcohol motifs (C(OH)–C–C–N with tert-alkyl or cyclic N) is 1. The number of amides is 1. The summed E-state index contributed by atoms with van der Waals surface area (Å²) in [6, 6.07) is 7.99. The van der Waals surface area contributed by atoms with E-state index in [4.69, 9.17) is 0 Å². The molecule has 4 rings (SSSR count). The van der Waals surface area contributed by atoms with Gasteiger partial charge in [0.2, 0.25) is 11.9 Å². The number of nitrogens with zero attached hydrogens (tertiary/aromatic N) is 5. The molecule has 0 saturated carbocycles. The summed E-state index contributed by atoms with van der Waals surface area (Å²) in [4.78, 5) is 26.8. The standard InChI is InChI=1S/C21H27N5O2/c1-15-12-18-13-17(4-5-19(18)26(15)16(2)27)20(28)14-24-8-10-25(11-9-24)21-22-6-3-7-23-21/h3-7,13,15,20,28H,8-12,14H2,1-2H3. The highest BCUT2D eigenvalue weighted by Crippen LogP contribution is 2.34. The van der Waals surface area contributed by atoms with Crippen molar-refractivity contribution < 1.29 is 9.90 Å². The lowest BCUT2D eigenvalue weighted by atomic mass is 10.0. The minimum atomic E-state index is -0.536. The van der Waals surface area contributed by atoms with E-state index in [1.54, 1.807) is 19.3 Å². The molecule has 1 amide bonds. The molecule has 0 spiro atoms. The van der Waals surface area contributed by atoms with Crippen molar-refractivity contribution in [1.82, 2.24) is 14.9 Å². The van der Waals surface area contributed by atoms with Crippen LogP contribution in [0.3, 0.4) is 0 Å². The second kappa shape index (κ2) is 7.85. The maximum Gasteiger partial charge on any atom is 0.225 e. The predicted molar refractivity (Wildman–Crippen MR) is 108 cm³/mol. The fourth-order valence-electron chi connectivity index (χ4n) is 4.27. The second-order valence-corrected chi connectivity index (χ2v) is 7.68. The first-order valence-electron chi connectivity index (χ1n) is 9.88. The molecule has 2 unspecified atom stereocenters. The number of aliphatic hydroxyl groups is 1. The lowest BCUT2D eigenvalue weighted by Crippen LogP contribution is -2.48. The molecule has 7 nitrogen and oxygen atoms in total. The fraction of sp³-hybridized carbons (Fsp3) is 0.476. The molecule has 1 fully saturated rings. The summed E-state index contributed by atoms with van der Waals surface area (Å²) in [7, 11) is 0. The maximum atomic E-state index is 11.9. The second-order valence-electron chi connectivity index (χ2n) is 7.68. The van der Waals surface area contributed by atoms with Crippen molar-refractivity contribution in [1.29, 1.82) is 0 Å². The minimum absolute atomic E-state index is 0.0693. The Morgan fingerprint density at radius 1 is 1.21 bits per heavy atom. The van der Waals surface area contributed by atoms with E-state index in [1.165, 1.54) is 0 Å². The summed E-state index contributed by atoms with van der Waals surface area (Å²) in [5.41, 5.74) is 3.04. The van der Waals surface area contributed by atoms with Gasteiger partial charge >= 0.3 is 0 Å². The van der Waals surface area contributed by atoms with Gasteiger partial charge in [-0.15, -0.1) is 0 Å². The number of fused-ring (bicyclic) bond motifs is 1. The van der Waals surface area contributed by atoms with Gasteiger partial charge in [-0.3, -0.25) is 9.69 Å². The van der Waals surface area contributed by atoms with Crippen LogP contribution in [0, 0.1) is 0 Å². The average molecular weight is 381 g/mol. The van der Waals surface area contributed by atoms with Crippen molar-refractivity contribution in [3.63, 3.8) is 0 Å². The molecule has 2 aromatic rings. The van der Waals surface area contributed by atoms with E-state index in [0.29, 0.717) is 6.54 Å². The molecular formula is C21H27N5O2. The highest BCUT2D eigenvalue weighted by atomic mass is 16.3. The van der Waals surface area contributed by atoms with Crippen LogP contribution in [0.2, 0.25) is 0 Å². The molecule has 148 valence electrons. The van der Waals surface area contributed by atoms with Crippen molar-refractivity contribution in [2.45, 2.75) is 32.4 Å². The summed E-state index contributed by atoms with van der Waals surface area (Å²) >= 11 is 0. The van der Waals surface area contributed by atoms with E-state index in [1.807, 2.05) is 23.1 Å². The molecular weight excluding hydrogens is 354 g/mol. The number of rotatable bonds is 4. The summed E-state index contributed by atoms with van der Waals surface area (Å²) < 4.78 is 0. The van der Waals surface area contributed by atoms with E-state index in [-0.39, 0.29) is 11.9 Å². The Bertz CT molecular complexity index is 836. The number of hydrogen-bond donors (Lipinski definition) is 1. The van der Waals surface area contributed by atoms with Gasteiger partial charge in [0.05, 0.1) is 6.10 Å². The Kier molecular flexibility index (Phi) is 5.28. The van der Waals surface area contributed by atoms with Crippen molar-refractivity contribution in [3.05, 3.63) is 47.8 Å². The Morgan fingerprint density at radius 3 is 2.61 bits per heavy atom. The van der Waals surface area contributed by atoms with Gasteiger partial charge in [-0.2, -0.15) is 0 Å². The molecule has 2 atom stereocenters. The highest BCUT2D eigenvalue weighted by molar-refractivity contribution is 5.94. The molecule has 0 radical (unpaired) electrons. The third-order valence-electron chi connectivity index (χ3n) is 5.68. The molecule has 1 N–H and O–H groups in total. The smallest absolute Gasteiger partial charge is 0.225 e. The van der Waals surface area contributed by atoms with E-state index in [0.717, 1.165) is 55.4 Å². The zero-order valence-electron chi connectivity index (χ0n) is 16.5. The largest absolute Gasteiger partial charge is 0.387 e. The highest BCUT2D eigenvalue weighted by Gasteiger charge is 2.29. The van der Waals surface area contributed by atoms with Crippen LogP contribution in [0.4, 0.5) is 11.6 Å². The Labute approximate surface area is 165 Å². The molecule has 2 aliphatic rings. The third-order valence-corrected chi connectivity index (χ3v) is 5.68. The van der Waals surface area contributed by atoms with E-state index in [9.17, 15) is 9.90 Å². The average Bonchev–Trinajstić information content (AvgIpc) is 3.04. The zero-order chi connectivity index (χ0) is 19.7. The van der Waals surface area contributed by atoms with Crippen LogP contribution < -0.4 is 9.80 Å². The first-order chi connectivity index (χ1) is 13.5. The molecule has 28 heavy (non-hydrogen) atoms. The van der Waals surface area contributed by atoms with Crippen LogP contribution in [-0.2, 0) is 11.2 Å². The number of benzene rings is 1. The predicted octanol–water partition coefficient (Wildman–Crippen LogP) is 1.63. The molecule has 1 aromatic heterocycles. The van der Waals surface area contributed by atoms with Crippen molar-refractivity contribution in [2.75, 3.05) is 42.5 Å². The van der Waals surface area contributed by atoms with Gasteiger partial charge in [0, 0.05) is 63.8 Å². The van der Waals surface area contributed by atoms with E-state index >= 15 is 0 Å². The number of aliphatic hydroxyl groups excluding tert-OH is 1. The zero-order valence-corrected chi connectivity index (χ0v) is 16.5. The van der Waals surface area contributed by atoms with Crippen LogP contribution in [-0.4, -0.2) is 64.6 Å². The van der Waals surface area contributed by atoms with Gasteiger partial charge < -0.3 is 14.9 Å². The molecule has 1 aromatic carbocycles. The van der Waals surface area contributed by atoms with Crippen molar-refractivity contribution in [3.8, 4) is 0 Å². The van der Waals surface area contributed by atoms with Crippen LogP contribution in [0.15, 0.2) is 36.7 Å². The van der Waals surface area contributed by atoms with Crippen LogP contribution in [0.25, 0.3) is 0 Å². The number of aromatic nitrogens is 2. The summed E-state index contributed by atoms with van der Waals surface area (Å²) in [5.74, 6) is 0.838. The topological polar surface area (TPSA) is 72.8 Å². The number of piperazine rings is 1. The maximum absolute atomic E-state index is 11.9. The van der Waals surface area contributed by atoms with Crippen molar-refractivity contribution >= 4 is 17.5 Å². The van der Waals surface area contributed by atoms with E-state index < -0.39 is 6.10 Å². The molecule has 0 bridgehead atoms. The van der Waals surface area contributed by atoms with E-state index in [2.05, 4.69) is 32.8 Å². The molecule has 0 aliphatic carbocycles. The minimum Gasteiger partial charge on any atom is -0.387 e. The Balaban J connectivity index is 1.37. The third kappa shape index (κ3) is 3.72. The van der Waals surface area contributed by atoms with Crippen LogP contribution >= 0.6 is 0 Å². The Hall–Kier alpha value is -2.51. The molecule has 2 aliphatic heterocycles. The molecule has 7 heteroatoms. The van der Waals surface area contributed by atoms with Crippen LogP contribution in [0.1, 0.15) is 31.1 Å². The summed E-state index contributed by atoms with van der Waals surface area (Å²) in [6.45, 7) is 7.72. The lowest BCUT2D eigenvalue weighted by Gasteiger charge is -2.35. The number of anilines is 2. The SMILES string of the molecule is CC(=O)N1c2ccc(C(O)CN3CCN(c4ncccn4)CC3)cc2CC1C. The lowest BCUT2D eigenvalue weighted by molar-refractivity contribution is -0.116. The fourth-order valence-corrected chi connectivity index (χ4v) is 4.27. The molecule has 3 heterocycles. The quantitative estimate of drug-likeness (QED) is 0.868. The van der Waals surface area contributed by atoms with Gasteiger partial charge in [-0.1, -0.05) is 12.1 Å². The van der Waals surface area contributed by atoms with Crippen LogP contribution in [0.5, 0.6) is 0 Å². The normalized spacial score (nSPS) is 20.9. The summed E-state index contributed by atoms with van der Waals surface area (Å²) in [6.07, 6.45) is 3.83. The van der Waals surface area contributed by atoms with Gasteiger partial charge in [-0.05, 0) is 36.6 Å². The number of carbonyl (C=O) groups is 1. The first kappa shape index (κ1) is 18.8. The number of hydrogen-bond acceptors (Lipinski definition) is 6. The van der Waals surface area contributed by atoms with Gasteiger partial charge in [0.25, 0.3) is 0 Å². The Morgan fingerprint density at radius 2 is 1.93 bits per heavy atom. The van der Waals surface area contributed by atoms with Gasteiger partial charge in [0.15, 0.2) is 0 Å². The first-order valence-corrected chi connectivity index (χ1v) is 9.88. The monoisotopic (exact) mass is 381 g/mol.